The quantitative estimate of drug-likeness (QED) is 0.663. The van der Waals surface area contributed by atoms with Crippen LogP contribution < -0.4 is 10.6 Å². The maximum absolute atomic E-state index is 12.6. The van der Waals surface area contributed by atoms with Crippen LogP contribution in [0, 0.1) is 0 Å². The number of aromatic nitrogens is 1. The number of carbonyl (C=O) groups excluding carboxylic acids is 1. The van der Waals surface area contributed by atoms with Crippen molar-refractivity contribution in [2.75, 3.05) is 32.5 Å². The maximum atomic E-state index is 12.6. The van der Waals surface area contributed by atoms with Crippen LogP contribution in [0.2, 0.25) is 5.15 Å². The Kier molecular flexibility index (Phi) is 5.43. The molecule has 0 unspecified atom stereocenters. The molecule has 0 aliphatic heterocycles. The third-order valence-electron chi connectivity index (χ3n) is 2.23. The van der Waals surface area contributed by atoms with Gasteiger partial charge in [-0.1, -0.05) is 11.6 Å². The maximum Gasteiger partial charge on any atom is 0.416 e. The summed E-state index contributed by atoms with van der Waals surface area (Å²) in [6.45, 7) is 0.469. The Bertz CT molecular complexity index is 479. The van der Waals surface area contributed by atoms with Crippen LogP contribution in [0.3, 0.4) is 0 Å². The number of rotatable bonds is 4. The summed E-state index contributed by atoms with van der Waals surface area (Å²) in [4.78, 5) is 16.3. The first-order chi connectivity index (χ1) is 9.20. The molecule has 1 rings (SSSR count). The summed E-state index contributed by atoms with van der Waals surface area (Å²) in [5.74, 6) is 0.00364. The number of amides is 2. The Morgan fingerprint density at radius 3 is 2.55 bits per heavy atom. The van der Waals surface area contributed by atoms with Gasteiger partial charge in [-0.3, -0.25) is 0 Å². The van der Waals surface area contributed by atoms with Crippen LogP contribution in [-0.4, -0.2) is 43.1 Å². The molecule has 0 aromatic carbocycles. The molecular weight excluding hydrogens is 297 g/mol. The minimum absolute atomic E-state index is 0.00364. The van der Waals surface area contributed by atoms with Gasteiger partial charge in [0.2, 0.25) is 0 Å². The van der Waals surface area contributed by atoms with Gasteiger partial charge in [0.05, 0.1) is 5.56 Å². The first-order valence-electron chi connectivity index (χ1n) is 5.64. The molecule has 0 aliphatic carbocycles. The highest BCUT2D eigenvalue weighted by Gasteiger charge is 2.31. The first kappa shape index (κ1) is 16.4. The fraction of sp³-hybridized carbons (Fsp3) is 0.455. The van der Waals surface area contributed by atoms with Crippen LogP contribution in [0.5, 0.6) is 0 Å². The number of hydrogen-bond acceptors (Lipinski definition) is 3. The van der Waals surface area contributed by atoms with Crippen molar-refractivity contribution in [1.82, 2.24) is 15.2 Å². The van der Waals surface area contributed by atoms with Gasteiger partial charge in [-0.05, 0) is 12.1 Å². The van der Waals surface area contributed by atoms with Crippen LogP contribution in [0.4, 0.5) is 23.8 Å². The molecule has 112 valence electrons. The second-order valence-electron chi connectivity index (χ2n) is 4.11. The lowest BCUT2D eigenvalue weighted by Gasteiger charge is -2.13. The number of nitrogens with zero attached hydrogens (tertiary/aromatic N) is 2. The molecule has 20 heavy (non-hydrogen) atoms. The van der Waals surface area contributed by atoms with Gasteiger partial charge in [0.1, 0.15) is 11.0 Å². The third-order valence-corrected chi connectivity index (χ3v) is 2.43. The molecule has 1 aromatic heterocycles. The monoisotopic (exact) mass is 310 g/mol. The van der Waals surface area contributed by atoms with Crippen LogP contribution in [0.25, 0.3) is 0 Å². The third kappa shape index (κ3) is 5.12. The first-order valence-corrected chi connectivity index (χ1v) is 6.02. The van der Waals surface area contributed by atoms with Crippen molar-refractivity contribution in [1.29, 1.82) is 0 Å². The lowest BCUT2D eigenvalue weighted by molar-refractivity contribution is -0.137. The van der Waals surface area contributed by atoms with E-state index in [0.717, 1.165) is 12.1 Å². The zero-order chi connectivity index (χ0) is 15.3. The van der Waals surface area contributed by atoms with Gasteiger partial charge >= 0.3 is 12.2 Å². The highest BCUT2D eigenvalue weighted by atomic mass is 35.5. The van der Waals surface area contributed by atoms with Crippen LogP contribution in [-0.2, 0) is 6.18 Å². The Balaban J connectivity index is 2.56. The van der Waals surface area contributed by atoms with Gasteiger partial charge in [0.25, 0.3) is 0 Å². The average Bonchev–Trinajstić information content (AvgIpc) is 2.32. The average molecular weight is 311 g/mol. The summed E-state index contributed by atoms with van der Waals surface area (Å²) in [6.07, 6.45) is -4.48. The standard InChI is InChI=1S/C11H14ClF3N4O/c1-19(2)10(20)17-4-3-16-9-6-7(11(13,14)15)5-8(12)18-9/h5-6H,3-4H2,1-2H3,(H,16,18)(H,17,20). The number of nitrogens with one attached hydrogen (secondary N) is 2. The van der Waals surface area contributed by atoms with Crippen LogP contribution in [0.15, 0.2) is 12.1 Å². The lowest BCUT2D eigenvalue weighted by atomic mass is 10.2. The van der Waals surface area contributed by atoms with Crippen molar-refractivity contribution in [2.24, 2.45) is 0 Å². The number of halogens is 4. The van der Waals surface area contributed by atoms with Crippen molar-refractivity contribution in [3.63, 3.8) is 0 Å². The minimum Gasteiger partial charge on any atom is -0.368 e. The van der Waals surface area contributed by atoms with E-state index in [2.05, 4.69) is 15.6 Å². The molecule has 0 spiro atoms. The van der Waals surface area contributed by atoms with Crippen molar-refractivity contribution in [2.45, 2.75) is 6.18 Å². The summed E-state index contributed by atoms with van der Waals surface area (Å²) in [7, 11) is 3.16. The van der Waals surface area contributed by atoms with Gasteiger partial charge < -0.3 is 15.5 Å². The molecule has 2 amide bonds. The lowest BCUT2D eigenvalue weighted by Crippen LogP contribution is -2.37. The Morgan fingerprint density at radius 1 is 1.35 bits per heavy atom. The predicted molar refractivity (Wildman–Crippen MR) is 69.8 cm³/mol. The van der Waals surface area contributed by atoms with E-state index in [1.54, 1.807) is 14.1 Å². The minimum atomic E-state index is -4.48. The zero-order valence-corrected chi connectivity index (χ0v) is 11.6. The number of anilines is 1. The Morgan fingerprint density at radius 2 is 2.00 bits per heavy atom. The Labute approximate surface area is 119 Å². The van der Waals surface area contributed by atoms with Gasteiger partial charge in [-0.2, -0.15) is 13.2 Å². The summed E-state index contributed by atoms with van der Waals surface area (Å²) in [5.41, 5.74) is -0.877. The predicted octanol–water partition coefficient (Wildman–Crippen LogP) is 2.44. The van der Waals surface area contributed by atoms with Crippen molar-refractivity contribution in [3.05, 3.63) is 22.8 Å². The molecule has 0 fully saturated rings. The van der Waals surface area contributed by atoms with Crippen molar-refractivity contribution in [3.8, 4) is 0 Å². The fourth-order valence-electron chi connectivity index (χ4n) is 1.27. The molecule has 1 aromatic rings. The molecule has 9 heteroatoms. The number of urea groups is 1. The number of hydrogen-bond donors (Lipinski definition) is 2. The Hall–Kier alpha value is -1.70. The van der Waals surface area contributed by atoms with E-state index in [9.17, 15) is 18.0 Å². The molecular formula is C11H14ClF3N4O. The van der Waals surface area contributed by atoms with Crippen molar-refractivity contribution >= 4 is 23.4 Å². The van der Waals surface area contributed by atoms with Gasteiger partial charge in [-0.25, -0.2) is 9.78 Å². The van der Waals surface area contributed by atoms with E-state index in [4.69, 9.17) is 11.6 Å². The molecule has 0 radical (unpaired) electrons. The molecule has 5 nitrogen and oxygen atoms in total. The molecule has 2 N–H and O–H groups in total. The smallest absolute Gasteiger partial charge is 0.368 e. The highest BCUT2D eigenvalue weighted by Crippen LogP contribution is 2.31. The van der Waals surface area contributed by atoms with Gasteiger partial charge in [-0.15, -0.1) is 0 Å². The second kappa shape index (κ2) is 6.65. The fourth-order valence-corrected chi connectivity index (χ4v) is 1.48. The van der Waals surface area contributed by atoms with Crippen molar-refractivity contribution < 1.29 is 18.0 Å². The molecule has 0 atom stereocenters. The van der Waals surface area contributed by atoms with E-state index in [1.807, 2.05) is 0 Å². The number of alkyl halides is 3. The zero-order valence-electron chi connectivity index (χ0n) is 10.9. The number of pyridine rings is 1. The summed E-state index contributed by atoms with van der Waals surface area (Å²) in [6, 6.07) is 1.32. The SMILES string of the molecule is CN(C)C(=O)NCCNc1cc(C(F)(F)F)cc(Cl)n1. The van der Waals surface area contributed by atoms with E-state index in [0.29, 0.717) is 0 Å². The van der Waals surface area contributed by atoms with Gasteiger partial charge in [0.15, 0.2) is 0 Å². The summed E-state index contributed by atoms with van der Waals surface area (Å²) >= 11 is 5.53. The molecule has 0 aliphatic rings. The molecule has 0 saturated carbocycles. The second-order valence-corrected chi connectivity index (χ2v) is 4.50. The summed E-state index contributed by atoms with van der Waals surface area (Å²) < 4.78 is 37.7. The van der Waals surface area contributed by atoms with Crippen LogP contribution in [0.1, 0.15) is 5.56 Å². The number of carbonyl (C=O) groups is 1. The topological polar surface area (TPSA) is 57.3 Å². The highest BCUT2D eigenvalue weighted by molar-refractivity contribution is 6.29. The summed E-state index contributed by atoms with van der Waals surface area (Å²) in [5, 5.41) is 4.97. The normalized spacial score (nSPS) is 11.1. The molecule has 1 heterocycles. The largest absolute Gasteiger partial charge is 0.416 e. The molecule has 0 bridgehead atoms. The van der Waals surface area contributed by atoms with Gasteiger partial charge in [0, 0.05) is 27.2 Å². The molecule has 0 saturated heterocycles. The van der Waals surface area contributed by atoms with E-state index >= 15 is 0 Å². The van der Waals surface area contributed by atoms with Crippen LogP contribution >= 0.6 is 11.6 Å². The van der Waals surface area contributed by atoms with E-state index in [1.165, 1.54) is 4.90 Å². The van der Waals surface area contributed by atoms with E-state index < -0.39 is 11.7 Å². The van der Waals surface area contributed by atoms with E-state index in [-0.39, 0.29) is 30.1 Å².